The Labute approximate surface area is 195 Å². The Morgan fingerprint density at radius 2 is 1.83 bits per heavy atom. The zero-order valence-corrected chi connectivity index (χ0v) is 20.8. The zero-order valence-electron chi connectivity index (χ0n) is 18.4. The van der Waals surface area contributed by atoms with Crippen LogP contribution in [0.15, 0.2) is 29.3 Å². The van der Waals surface area contributed by atoms with Gasteiger partial charge in [0.05, 0.1) is 13.7 Å². The van der Waals surface area contributed by atoms with Crippen LogP contribution in [0, 0.1) is 6.92 Å². The number of hydrogen-bond acceptors (Lipinski definition) is 6. The van der Waals surface area contributed by atoms with E-state index >= 15 is 0 Å². The number of halogens is 1. The highest BCUT2D eigenvalue weighted by atomic mass is 127. The predicted molar refractivity (Wildman–Crippen MR) is 128 cm³/mol. The van der Waals surface area contributed by atoms with Crippen LogP contribution < -0.4 is 14.8 Å². The molecule has 10 heteroatoms. The van der Waals surface area contributed by atoms with E-state index in [1.54, 1.807) is 14.2 Å². The van der Waals surface area contributed by atoms with Crippen molar-refractivity contribution in [1.82, 2.24) is 25.0 Å². The van der Waals surface area contributed by atoms with Gasteiger partial charge >= 0.3 is 0 Å². The van der Waals surface area contributed by atoms with Crippen molar-refractivity contribution in [2.24, 2.45) is 12.0 Å². The second-order valence-electron chi connectivity index (χ2n) is 6.58. The van der Waals surface area contributed by atoms with Crippen LogP contribution in [0.3, 0.4) is 0 Å². The number of benzene rings is 1. The molecule has 0 spiro atoms. The lowest BCUT2D eigenvalue weighted by Crippen LogP contribution is -2.41. The first-order valence-electron chi connectivity index (χ1n) is 9.65. The molecule has 0 aliphatic heterocycles. The summed E-state index contributed by atoms with van der Waals surface area (Å²) in [5, 5.41) is 11.6. The van der Waals surface area contributed by atoms with Crippen LogP contribution in [0.1, 0.15) is 18.1 Å². The van der Waals surface area contributed by atoms with E-state index in [1.165, 1.54) is 0 Å². The number of nitrogens with zero attached hydrogens (tertiary/aromatic N) is 5. The van der Waals surface area contributed by atoms with Crippen molar-refractivity contribution in [3.05, 3.63) is 35.9 Å². The Kier molecular flexibility index (Phi) is 12.1. The van der Waals surface area contributed by atoms with Gasteiger partial charge in [-0.2, -0.15) is 0 Å². The van der Waals surface area contributed by atoms with E-state index in [0.717, 1.165) is 42.1 Å². The number of rotatable bonds is 11. The topological polar surface area (TPSA) is 86.0 Å². The first-order chi connectivity index (χ1) is 14.0. The lowest BCUT2D eigenvalue weighted by atomic mass is 10.3. The minimum absolute atomic E-state index is 0. The Bertz CT molecular complexity index is 766. The SMILES string of the molecule is COCCCNC(=NCc1nnc(C)n1C)N(C)CCOc1ccc(OC)cc1.I. The minimum atomic E-state index is 0. The molecular weight excluding hydrogens is 499 g/mol. The van der Waals surface area contributed by atoms with E-state index < -0.39 is 0 Å². The summed E-state index contributed by atoms with van der Waals surface area (Å²) < 4.78 is 18.1. The van der Waals surface area contributed by atoms with Crippen LogP contribution in [0.5, 0.6) is 11.5 Å². The fourth-order valence-electron chi connectivity index (χ4n) is 2.54. The molecule has 2 rings (SSSR count). The van der Waals surface area contributed by atoms with Crippen molar-refractivity contribution in [3.8, 4) is 11.5 Å². The van der Waals surface area contributed by atoms with E-state index in [9.17, 15) is 0 Å². The van der Waals surface area contributed by atoms with E-state index in [1.807, 2.05) is 54.8 Å². The van der Waals surface area contributed by atoms with Gasteiger partial charge in [-0.3, -0.25) is 0 Å². The molecule has 2 aromatic rings. The fraction of sp³-hybridized carbons (Fsp3) is 0.550. The number of aromatic nitrogens is 3. The maximum Gasteiger partial charge on any atom is 0.194 e. The molecule has 1 N–H and O–H groups in total. The van der Waals surface area contributed by atoms with Crippen LogP contribution in [-0.4, -0.2) is 73.2 Å². The molecule has 0 unspecified atom stereocenters. The summed E-state index contributed by atoms with van der Waals surface area (Å²) in [6.07, 6.45) is 0.898. The van der Waals surface area contributed by atoms with Crippen LogP contribution in [0.25, 0.3) is 0 Å². The summed E-state index contributed by atoms with van der Waals surface area (Å²) in [6.45, 7) is 5.06. The van der Waals surface area contributed by atoms with E-state index in [0.29, 0.717) is 26.3 Å². The Morgan fingerprint density at radius 1 is 1.13 bits per heavy atom. The Balaban J connectivity index is 0.00000450. The lowest BCUT2D eigenvalue weighted by Gasteiger charge is -2.22. The molecule has 0 bridgehead atoms. The maximum atomic E-state index is 5.83. The third-order valence-corrected chi connectivity index (χ3v) is 4.48. The zero-order chi connectivity index (χ0) is 21.1. The van der Waals surface area contributed by atoms with Gasteiger partial charge in [-0.1, -0.05) is 0 Å². The summed E-state index contributed by atoms with van der Waals surface area (Å²) in [5.74, 6) is 4.09. The third kappa shape index (κ3) is 8.34. The van der Waals surface area contributed by atoms with Gasteiger partial charge in [-0.15, -0.1) is 34.2 Å². The Morgan fingerprint density at radius 3 is 2.43 bits per heavy atom. The van der Waals surface area contributed by atoms with Crippen molar-refractivity contribution in [2.45, 2.75) is 19.9 Å². The highest BCUT2D eigenvalue weighted by Gasteiger charge is 2.09. The standard InChI is InChI=1S/C20H32N6O3.HI/c1-16-23-24-19(26(16)3)15-22-20(21-11-6-13-27-4)25(2)12-14-29-18-9-7-17(28-5)8-10-18;/h7-10H,6,11-15H2,1-5H3,(H,21,22);1H. The van der Waals surface area contributed by atoms with Gasteiger partial charge in [0.25, 0.3) is 0 Å². The second-order valence-corrected chi connectivity index (χ2v) is 6.58. The van der Waals surface area contributed by atoms with Gasteiger partial charge in [-0.25, -0.2) is 4.99 Å². The molecule has 0 aliphatic rings. The number of methoxy groups -OCH3 is 2. The van der Waals surface area contributed by atoms with Gasteiger partial charge in [0.15, 0.2) is 11.8 Å². The van der Waals surface area contributed by atoms with Gasteiger partial charge in [0, 0.05) is 34.4 Å². The molecule has 0 radical (unpaired) electrons. The van der Waals surface area contributed by atoms with Crippen LogP contribution >= 0.6 is 24.0 Å². The Hall–Kier alpha value is -2.08. The molecular formula is C20H33IN6O3. The van der Waals surface area contributed by atoms with Crippen molar-refractivity contribution >= 4 is 29.9 Å². The maximum absolute atomic E-state index is 5.83. The third-order valence-electron chi connectivity index (χ3n) is 4.48. The lowest BCUT2D eigenvalue weighted by molar-refractivity contribution is 0.195. The summed E-state index contributed by atoms with van der Waals surface area (Å²) in [6, 6.07) is 7.55. The molecule has 0 atom stereocenters. The summed E-state index contributed by atoms with van der Waals surface area (Å²) in [7, 11) is 7.28. The number of likely N-dealkylation sites (N-methyl/N-ethyl adjacent to an activating group) is 1. The molecule has 0 amide bonds. The average molecular weight is 532 g/mol. The first-order valence-corrected chi connectivity index (χ1v) is 9.65. The summed E-state index contributed by atoms with van der Waals surface area (Å²) in [4.78, 5) is 6.75. The molecule has 30 heavy (non-hydrogen) atoms. The molecule has 1 aromatic carbocycles. The molecule has 9 nitrogen and oxygen atoms in total. The minimum Gasteiger partial charge on any atom is -0.497 e. The molecule has 1 aromatic heterocycles. The van der Waals surface area contributed by atoms with Crippen LogP contribution in [0.2, 0.25) is 0 Å². The largest absolute Gasteiger partial charge is 0.497 e. The smallest absolute Gasteiger partial charge is 0.194 e. The second kappa shape index (κ2) is 14.0. The number of ether oxygens (including phenoxy) is 3. The highest BCUT2D eigenvalue weighted by molar-refractivity contribution is 14.0. The number of hydrogen-bond donors (Lipinski definition) is 1. The number of aliphatic imine (C=N–C) groups is 1. The normalized spacial score (nSPS) is 11.0. The quantitative estimate of drug-likeness (QED) is 0.206. The molecule has 1 heterocycles. The molecule has 0 saturated carbocycles. The van der Waals surface area contributed by atoms with E-state index in [4.69, 9.17) is 19.2 Å². The number of guanidine groups is 1. The molecule has 0 aliphatic carbocycles. The van der Waals surface area contributed by atoms with Crippen molar-refractivity contribution < 1.29 is 14.2 Å². The van der Waals surface area contributed by atoms with Gasteiger partial charge in [0.2, 0.25) is 0 Å². The van der Waals surface area contributed by atoms with Gasteiger partial charge in [0.1, 0.15) is 30.5 Å². The highest BCUT2D eigenvalue weighted by Crippen LogP contribution is 2.16. The predicted octanol–water partition coefficient (Wildman–Crippen LogP) is 2.24. The van der Waals surface area contributed by atoms with E-state index in [-0.39, 0.29) is 24.0 Å². The van der Waals surface area contributed by atoms with Crippen molar-refractivity contribution in [3.63, 3.8) is 0 Å². The molecule has 0 saturated heterocycles. The van der Waals surface area contributed by atoms with Gasteiger partial charge < -0.3 is 29.0 Å². The molecule has 168 valence electrons. The first kappa shape index (κ1) is 26.0. The summed E-state index contributed by atoms with van der Waals surface area (Å²) in [5.41, 5.74) is 0. The van der Waals surface area contributed by atoms with Crippen molar-refractivity contribution in [2.75, 3.05) is 47.6 Å². The fourth-order valence-corrected chi connectivity index (χ4v) is 2.54. The number of aryl methyl sites for hydroxylation is 1. The van der Waals surface area contributed by atoms with Crippen LogP contribution in [0.4, 0.5) is 0 Å². The van der Waals surface area contributed by atoms with E-state index in [2.05, 4.69) is 15.5 Å². The van der Waals surface area contributed by atoms with Gasteiger partial charge in [-0.05, 0) is 37.6 Å². The van der Waals surface area contributed by atoms with Crippen molar-refractivity contribution in [1.29, 1.82) is 0 Å². The molecule has 0 fully saturated rings. The summed E-state index contributed by atoms with van der Waals surface area (Å²) >= 11 is 0. The monoisotopic (exact) mass is 532 g/mol. The van der Waals surface area contributed by atoms with Crippen LogP contribution in [-0.2, 0) is 18.3 Å². The average Bonchev–Trinajstić information content (AvgIpc) is 3.05. The number of nitrogens with one attached hydrogen (secondary N) is 1.